The third-order valence-electron chi connectivity index (χ3n) is 3.54. The number of methoxy groups -OCH3 is 1. The van der Waals surface area contributed by atoms with Crippen molar-refractivity contribution >= 4 is 24.1 Å². The topological polar surface area (TPSA) is 114 Å². The Balaban J connectivity index is 0.00000242. The van der Waals surface area contributed by atoms with Gasteiger partial charge in [-0.2, -0.15) is 0 Å². The number of rotatable bonds is 4. The molecule has 1 aromatic carbocycles. The minimum atomic E-state index is -1.13. The Hall–Kier alpha value is -2.06. The number of nitro benzene ring substituents is 1. The summed E-state index contributed by atoms with van der Waals surface area (Å²) in [5.41, 5.74) is 4.92. The number of nitrogens with two attached hydrogens (primary N) is 1. The van der Waals surface area contributed by atoms with E-state index in [0.29, 0.717) is 5.75 Å². The molecule has 0 unspecified atom stereocenters. The second-order valence-electron chi connectivity index (χ2n) is 5.21. The summed E-state index contributed by atoms with van der Waals surface area (Å²) in [5.74, 6) is 0.0993. The van der Waals surface area contributed by atoms with Crippen molar-refractivity contribution in [2.75, 3.05) is 13.9 Å². The molecule has 0 amide bonds. The minimum absolute atomic E-state index is 0. The Kier molecular flexibility index (Phi) is 5.21. The molecule has 2 N–H and O–H groups in total. The number of esters is 1. The van der Waals surface area contributed by atoms with Crippen LogP contribution in [0.15, 0.2) is 12.1 Å². The molecule has 1 heterocycles. The first-order chi connectivity index (χ1) is 9.78. The smallest absolute Gasteiger partial charge is 0.313 e. The fraction of sp³-hybridized carbons (Fsp3) is 0.462. The summed E-state index contributed by atoms with van der Waals surface area (Å²) in [4.78, 5) is 22.5. The third kappa shape index (κ3) is 2.93. The van der Waals surface area contributed by atoms with Gasteiger partial charge in [-0.15, -0.1) is 12.4 Å². The number of ether oxygens (including phenoxy) is 3. The number of fused-ring (bicyclic) bond motifs is 1. The molecule has 0 spiro atoms. The van der Waals surface area contributed by atoms with Crippen LogP contribution in [-0.2, 0) is 9.53 Å². The molecule has 0 aromatic heterocycles. The van der Waals surface area contributed by atoms with E-state index in [1.807, 2.05) is 0 Å². The molecule has 0 bridgehead atoms. The van der Waals surface area contributed by atoms with Gasteiger partial charge in [0.1, 0.15) is 0 Å². The third-order valence-corrected chi connectivity index (χ3v) is 3.54. The Morgan fingerprint density at radius 3 is 2.45 bits per heavy atom. The second kappa shape index (κ2) is 6.37. The number of hydrogen-bond donors (Lipinski definition) is 1. The van der Waals surface area contributed by atoms with Crippen molar-refractivity contribution in [1.29, 1.82) is 0 Å². The van der Waals surface area contributed by atoms with Crippen molar-refractivity contribution in [3.05, 3.63) is 27.8 Å². The van der Waals surface area contributed by atoms with Gasteiger partial charge >= 0.3 is 5.97 Å². The monoisotopic (exact) mass is 332 g/mol. The van der Waals surface area contributed by atoms with Gasteiger partial charge in [0.25, 0.3) is 5.69 Å². The van der Waals surface area contributed by atoms with Crippen molar-refractivity contribution in [3.8, 4) is 11.5 Å². The SMILES string of the molecule is COC(=O)C(C)(C)[C@H](N)c1cc2c(cc1[N+](=O)[O-])OCO2.Cl. The molecule has 22 heavy (non-hydrogen) atoms. The van der Waals surface area contributed by atoms with Gasteiger partial charge in [0.15, 0.2) is 11.5 Å². The standard InChI is InChI=1S/C13H16N2O6.ClH/c1-13(2,12(16)19-3)11(14)7-4-9-10(21-6-20-9)5-8(7)15(17)18;/h4-5,11H,6,14H2,1-3H3;1H/t11-;/m1./s1. The van der Waals surface area contributed by atoms with E-state index in [1.54, 1.807) is 13.8 Å². The number of nitrogens with zero attached hydrogens (tertiary/aromatic N) is 1. The number of benzene rings is 1. The highest BCUT2D eigenvalue weighted by Crippen LogP contribution is 2.43. The van der Waals surface area contributed by atoms with E-state index in [9.17, 15) is 14.9 Å². The van der Waals surface area contributed by atoms with E-state index >= 15 is 0 Å². The number of carbonyl (C=O) groups excluding carboxylic acids is 1. The van der Waals surface area contributed by atoms with Gasteiger partial charge in [0, 0.05) is 0 Å². The molecule has 1 aromatic rings. The molecule has 2 rings (SSSR count). The van der Waals surface area contributed by atoms with Gasteiger partial charge < -0.3 is 19.9 Å². The fourth-order valence-electron chi connectivity index (χ4n) is 2.13. The summed E-state index contributed by atoms with van der Waals surface area (Å²) in [7, 11) is 1.24. The Bertz CT molecular complexity index is 604. The van der Waals surface area contributed by atoms with Crippen molar-refractivity contribution < 1.29 is 23.9 Å². The molecule has 0 aliphatic carbocycles. The zero-order chi connectivity index (χ0) is 15.8. The highest BCUT2D eigenvalue weighted by Gasteiger charge is 2.40. The largest absolute Gasteiger partial charge is 0.469 e. The minimum Gasteiger partial charge on any atom is -0.469 e. The number of hydrogen-bond acceptors (Lipinski definition) is 7. The lowest BCUT2D eigenvalue weighted by molar-refractivity contribution is -0.385. The number of halogens is 1. The van der Waals surface area contributed by atoms with Crippen LogP contribution in [0.4, 0.5) is 5.69 Å². The summed E-state index contributed by atoms with van der Waals surface area (Å²) in [5, 5.41) is 11.2. The molecule has 0 fully saturated rings. The molecule has 1 atom stereocenters. The zero-order valence-corrected chi connectivity index (χ0v) is 13.1. The molecule has 8 nitrogen and oxygen atoms in total. The van der Waals surface area contributed by atoms with Crippen LogP contribution in [0.5, 0.6) is 11.5 Å². The van der Waals surface area contributed by atoms with Gasteiger partial charge in [-0.25, -0.2) is 0 Å². The van der Waals surface area contributed by atoms with Crippen LogP contribution in [0.1, 0.15) is 25.5 Å². The molecule has 0 saturated carbocycles. The summed E-state index contributed by atoms with van der Waals surface area (Å²) < 4.78 is 15.0. The van der Waals surface area contributed by atoms with Gasteiger partial charge in [-0.05, 0) is 19.9 Å². The molecule has 0 radical (unpaired) electrons. The maximum absolute atomic E-state index is 11.8. The Labute approximate surface area is 133 Å². The van der Waals surface area contributed by atoms with E-state index < -0.39 is 22.3 Å². The van der Waals surface area contributed by atoms with Crippen molar-refractivity contribution in [2.45, 2.75) is 19.9 Å². The van der Waals surface area contributed by atoms with Gasteiger partial charge in [-0.3, -0.25) is 14.9 Å². The van der Waals surface area contributed by atoms with Crippen LogP contribution < -0.4 is 15.2 Å². The van der Waals surface area contributed by atoms with Crippen LogP contribution in [0.3, 0.4) is 0 Å². The summed E-state index contributed by atoms with van der Waals surface area (Å²) in [6.45, 7) is 3.13. The van der Waals surface area contributed by atoms with Crippen molar-refractivity contribution in [1.82, 2.24) is 0 Å². The van der Waals surface area contributed by atoms with E-state index in [1.165, 1.54) is 19.2 Å². The molecular formula is C13H17ClN2O6. The first-order valence-electron chi connectivity index (χ1n) is 6.21. The summed E-state index contributed by atoms with van der Waals surface area (Å²) in [6.07, 6.45) is 0. The Morgan fingerprint density at radius 1 is 1.41 bits per heavy atom. The molecule has 0 saturated heterocycles. The number of nitro groups is 1. The molecule has 1 aliphatic heterocycles. The van der Waals surface area contributed by atoms with Crippen LogP contribution in [-0.4, -0.2) is 24.8 Å². The number of carbonyl (C=O) groups is 1. The molecular weight excluding hydrogens is 316 g/mol. The first-order valence-corrected chi connectivity index (χ1v) is 6.21. The maximum Gasteiger partial charge on any atom is 0.313 e. The van der Waals surface area contributed by atoms with Crippen LogP contribution in [0.2, 0.25) is 0 Å². The highest BCUT2D eigenvalue weighted by molar-refractivity contribution is 5.85. The second-order valence-corrected chi connectivity index (χ2v) is 5.21. The first kappa shape index (κ1) is 18.0. The average molecular weight is 333 g/mol. The lowest BCUT2D eigenvalue weighted by Gasteiger charge is -2.28. The summed E-state index contributed by atoms with van der Waals surface area (Å²) in [6, 6.07) is 1.76. The molecule has 122 valence electrons. The van der Waals surface area contributed by atoms with E-state index in [2.05, 4.69) is 0 Å². The lowest BCUT2D eigenvalue weighted by atomic mass is 9.80. The normalized spacial score (nSPS) is 14.0. The van der Waals surface area contributed by atoms with E-state index in [0.717, 1.165) is 0 Å². The van der Waals surface area contributed by atoms with E-state index in [4.69, 9.17) is 19.9 Å². The predicted octanol–water partition coefficient (Wildman–Crippen LogP) is 1.94. The van der Waals surface area contributed by atoms with Gasteiger partial charge in [0.05, 0.1) is 35.1 Å². The van der Waals surface area contributed by atoms with E-state index in [-0.39, 0.29) is 36.2 Å². The molecule has 1 aliphatic rings. The summed E-state index contributed by atoms with van der Waals surface area (Å²) >= 11 is 0. The van der Waals surface area contributed by atoms with Crippen molar-refractivity contribution in [2.24, 2.45) is 11.1 Å². The van der Waals surface area contributed by atoms with Gasteiger partial charge in [-0.1, -0.05) is 0 Å². The van der Waals surface area contributed by atoms with Crippen LogP contribution in [0, 0.1) is 15.5 Å². The average Bonchev–Trinajstić information content (AvgIpc) is 2.91. The molecule has 9 heteroatoms. The van der Waals surface area contributed by atoms with Crippen molar-refractivity contribution in [3.63, 3.8) is 0 Å². The highest BCUT2D eigenvalue weighted by atomic mass is 35.5. The predicted molar refractivity (Wildman–Crippen MR) is 79.2 cm³/mol. The lowest BCUT2D eigenvalue weighted by Crippen LogP contribution is -2.37. The Morgan fingerprint density at radius 2 is 1.95 bits per heavy atom. The van der Waals surface area contributed by atoms with Crippen LogP contribution >= 0.6 is 12.4 Å². The maximum atomic E-state index is 11.8. The van der Waals surface area contributed by atoms with Crippen LogP contribution in [0.25, 0.3) is 0 Å². The van der Waals surface area contributed by atoms with Gasteiger partial charge in [0.2, 0.25) is 6.79 Å². The fourth-order valence-corrected chi connectivity index (χ4v) is 2.13. The zero-order valence-electron chi connectivity index (χ0n) is 12.3. The quantitative estimate of drug-likeness (QED) is 0.509.